The molecule has 0 aromatic rings. The predicted octanol–water partition coefficient (Wildman–Crippen LogP) is -4.01. The Kier molecular flexibility index (Phi) is 2.11. The van der Waals surface area contributed by atoms with Crippen LogP contribution in [0.15, 0.2) is 0 Å². The van der Waals surface area contributed by atoms with E-state index in [0.29, 0.717) is 12.5 Å². The van der Waals surface area contributed by atoms with Crippen LogP contribution in [-0.4, -0.2) is 19.1 Å². The molecular weight excluding hydrogens is 149 g/mol. The molecule has 1 aliphatic heterocycles. The van der Waals surface area contributed by atoms with Crippen molar-refractivity contribution in [1.82, 2.24) is 5.32 Å². The maximum Gasteiger partial charge on any atom is 1.00 e. The number of nitrogens with one attached hydrogen (secondary N) is 1. The van der Waals surface area contributed by atoms with E-state index in [9.17, 15) is 9.90 Å². The van der Waals surface area contributed by atoms with E-state index in [1.807, 2.05) is 13.8 Å². The molecule has 2 rings (SSSR count). The van der Waals surface area contributed by atoms with Crippen molar-refractivity contribution in [1.29, 1.82) is 0 Å². The van der Waals surface area contributed by atoms with Gasteiger partial charge in [0, 0.05) is 17.9 Å². The number of carbonyl (C=O) groups excluding carboxylic acids is 1. The van der Waals surface area contributed by atoms with Crippen molar-refractivity contribution in [3.63, 3.8) is 0 Å². The largest absolute Gasteiger partial charge is 1.00 e. The van der Waals surface area contributed by atoms with E-state index in [1.54, 1.807) is 0 Å². The predicted molar refractivity (Wildman–Crippen MR) is 37.6 cm³/mol. The number of aliphatic carboxylic acids is 1. The smallest absolute Gasteiger partial charge is 0.549 e. The van der Waals surface area contributed by atoms with Crippen LogP contribution in [0.1, 0.15) is 13.8 Å². The van der Waals surface area contributed by atoms with E-state index in [0.717, 1.165) is 6.54 Å². The summed E-state index contributed by atoms with van der Waals surface area (Å²) >= 11 is 0. The van der Waals surface area contributed by atoms with Crippen LogP contribution in [0.5, 0.6) is 0 Å². The van der Waals surface area contributed by atoms with Crippen molar-refractivity contribution in [2.75, 3.05) is 13.1 Å². The monoisotopic (exact) mass is 161 g/mol. The number of hydrogen-bond acceptors (Lipinski definition) is 3. The number of carboxylic acid groups (broad SMARTS) is 1. The fraction of sp³-hybridized carbons (Fsp3) is 0.875. The van der Waals surface area contributed by atoms with Gasteiger partial charge in [-0.15, -0.1) is 0 Å². The van der Waals surface area contributed by atoms with Gasteiger partial charge < -0.3 is 15.2 Å². The zero-order valence-electron chi connectivity index (χ0n) is 7.81. The van der Waals surface area contributed by atoms with Crippen molar-refractivity contribution in [2.24, 2.45) is 16.7 Å². The molecule has 12 heavy (non-hydrogen) atoms. The third-order valence-electron chi connectivity index (χ3n) is 3.65. The Morgan fingerprint density at radius 1 is 1.58 bits per heavy atom. The van der Waals surface area contributed by atoms with Gasteiger partial charge in [-0.25, -0.2) is 0 Å². The molecule has 2 aliphatic rings. The van der Waals surface area contributed by atoms with Gasteiger partial charge in [0.1, 0.15) is 0 Å². The minimum absolute atomic E-state index is 0. The first-order valence-corrected chi connectivity index (χ1v) is 3.95. The third kappa shape index (κ3) is 0.797. The molecule has 1 saturated heterocycles. The molecular formula is C8H12LiNO2. The number of carboxylic acids is 1. The fourth-order valence-corrected chi connectivity index (χ4v) is 2.64. The van der Waals surface area contributed by atoms with Crippen LogP contribution < -0.4 is 29.3 Å². The minimum Gasteiger partial charge on any atom is -0.549 e. The first-order valence-electron chi connectivity index (χ1n) is 3.95. The molecule has 0 bridgehead atoms. The van der Waals surface area contributed by atoms with Gasteiger partial charge in [-0.3, -0.25) is 0 Å². The molecule has 4 heteroatoms. The Labute approximate surface area is 84.1 Å². The second-order valence-corrected chi connectivity index (χ2v) is 4.16. The summed E-state index contributed by atoms with van der Waals surface area (Å²) in [6, 6.07) is 0. The van der Waals surface area contributed by atoms with Crippen molar-refractivity contribution in [2.45, 2.75) is 13.8 Å². The molecule has 0 radical (unpaired) electrons. The summed E-state index contributed by atoms with van der Waals surface area (Å²) in [4.78, 5) is 10.8. The molecule has 2 atom stereocenters. The Balaban J connectivity index is 0.000000720. The molecule has 3 nitrogen and oxygen atoms in total. The average Bonchev–Trinajstić information content (AvgIpc) is 2.25. The van der Waals surface area contributed by atoms with Gasteiger partial charge in [-0.1, -0.05) is 13.8 Å². The second-order valence-electron chi connectivity index (χ2n) is 4.16. The second kappa shape index (κ2) is 2.51. The number of piperidine rings is 1. The Morgan fingerprint density at radius 3 is 2.42 bits per heavy atom. The summed E-state index contributed by atoms with van der Waals surface area (Å²) in [6.07, 6.45) is 0. The SMILES string of the molecule is CC1(C)C2CNCC21C(=O)[O-].[Li+]. The Morgan fingerprint density at radius 2 is 2.17 bits per heavy atom. The number of hydrogen-bond donors (Lipinski definition) is 1. The van der Waals surface area contributed by atoms with Gasteiger partial charge in [-0.2, -0.15) is 0 Å². The van der Waals surface area contributed by atoms with E-state index < -0.39 is 11.4 Å². The average molecular weight is 161 g/mol. The van der Waals surface area contributed by atoms with Crippen molar-refractivity contribution < 1.29 is 28.8 Å². The molecule has 1 N–H and O–H groups in total. The molecule has 0 spiro atoms. The summed E-state index contributed by atoms with van der Waals surface area (Å²) in [5.74, 6) is -0.586. The van der Waals surface area contributed by atoms with Crippen LogP contribution in [-0.2, 0) is 4.79 Å². The first kappa shape index (κ1) is 10.1. The van der Waals surface area contributed by atoms with Gasteiger partial charge in [0.25, 0.3) is 0 Å². The van der Waals surface area contributed by atoms with E-state index in [4.69, 9.17) is 0 Å². The maximum absolute atomic E-state index is 10.8. The van der Waals surface area contributed by atoms with E-state index in [-0.39, 0.29) is 24.3 Å². The summed E-state index contributed by atoms with van der Waals surface area (Å²) < 4.78 is 0. The summed E-state index contributed by atoms with van der Waals surface area (Å²) in [6.45, 7) is 5.44. The van der Waals surface area contributed by atoms with Crippen LogP contribution in [0.3, 0.4) is 0 Å². The minimum atomic E-state index is -0.877. The number of fused-ring (bicyclic) bond motifs is 1. The summed E-state index contributed by atoms with van der Waals surface area (Å²) in [5, 5.41) is 13.9. The van der Waals surface area contributed by atoms with Crippen molar-refractivity contribution in [3.05, 3.63) is 0 Å². The molecule has 1 aliphatic carbocycles. The van der Waals surface area contributed by atoms with Crippen LogP contribution in [0.25, 0.3) is 0 Å². The van der Waals surface area contributed by atoms with Crippen molar-refractivity contribution >= 4 is 5.97 Å². The van der Waals surface area contributed by atoms with Gasteiger partial charge >= 0.3 is 18.9 Å². The van der Waals surface area contributed by atoms with E-state index >= 15 is 0 Å². The molecule has 0 aromatic heterocycles. The van der Waals surface area contributed by atoms with Crippen LogP contribution in [0.2, 0.25) is 0 Å². The molecule has 2 unspecified atom stereocenters. The number of carbonyl (C=O) groups is 1. The van der Waals surface area contributed by atoms with Crippen LogP contribution in [0, 0.1) is 16.7 Å². The van der Waals surface area contributed by atoms with Gasteiger partial charge in [-0.05, 0) is 17.9 Å². The maximum atomic E-state index is 10.8. The third-order valence-corrected chi connectivity index (χ3v) is 3.65. The van der Waals surface area contributed by atoms with Gasteiger partial charge in [0.15, 0.2) is 0 Å². The fourth-order valence-electron chi connectivity index (χ4n) is 2.64. The quantitative estimate of drug-likeness (QED) is 0.399. The summed E-state index contributed by atoms with van der Waals surface area (Å²) in [5.41, 5.74) is -0.593. The van der Waals surface area contributed by atoms with E-state index in [2.05, 4.69) is 5.32 Å². The topological polar surface area (TPSA) is 52.2 Å². The zero-order chi connectivity index (χ0) is 8.28. The standard InChI is InChI=1S/C8H13NO2.Li/c1-7(2)5-3-9-4-8(5,7)6(10)11;/h5,9H,3-4H2,1-2H3,(H,10,11);/q;+1/p-1. The molecule has 1 saturated carbocycles. The number of rotatable bonds is 1. The molecule has 62 valence electrons. The van der Waals surface area contributed by atoms with Crippen LogP contribution in [0.4, 0.5) is 0 Å². The van der Waals surface area contributed by atoms with E-state index in [1.165, 1.54) is 0 Å². The molecule has 0 aromatic carbocycles. The normalized spacial score (nSPS) is 41.3. The Bertz CT molecular complexity index is 229. The molecule has 2 fully saturated rings. The molecule has 1 heterocycles. The zero-order valence-corrected chi connectivity index (χ0v) is 7.81. The van der Waals surface area contributed by atoms with Gasteiger partial charge in [0.2, 0.25) is 0 Å². The molecule has 0 amide bonds. The first-order chi connectivity index (χ1) is 5.03. The van der Waals surface area contributed by atoms with Gasteiger partial charge in [0.05, 0.1) is 0 Å². The van der Waals surface area contributed by atoms with Crippen LogP contribution >= 0.6 is 0 Å². The Hall–Kier alpha value is 0.0274. The van der Waals surface area contributed by atoms with Crippen molar-refractivity contribution in [3.8, 4) is 0 Å². The summed E-state index contributed by atoms with van der Waals surface area (Å²) in [7, 11) is 0.